The molecule has 0 spiro atoms. The molecule has 1 unspecified atom stereocenters. The first-order valence-corrected chi connectivity index (χ1v) is 5.39. The first-order chi connectivity index (χ1) is 7.13. The molecule has 1 fully saturated rings. The molecule has 2 rings (SSSR count). The monoisotopic (exact) mass is 229 g/mol. The maximum Gasteiger partial charge on any atom is 0.142 e. The third kappa shape index (κ3) is 2.00. The lowest BCUT2D eigenvalue weighted by atomic mass is 9.86. The second kappa shape index (κ2) is 4.08. The first kappa shape index (κ1) is 10.9. The van der Waals surface area contributed by atoms with E-state index < -0.39 is 11.4 Å². The molecular weight excluding hydrogens is 217 g/mol. The molecule has 0 aromatic heterocycles. The van der Waals surface area contributed by atoms with Crippen molar-refractivity contribution < 1.29 is 9.50 Å². The minimum atomic E-state index is -1.03. The number of rotatable bonds is 1. The summed E-state index contributed by atoms with van der Waals surface area (Å²) in [7, 11) is 0. The van der Waals surface area contributed by atoms with E-state index in [4.69, 9.17) is 11.6 Å². The van der Waals surface area contributed by atoms with Gasteiger partial charge in [-0.25, -0.2) is 4.39 Å². The van der Waals surface area contributed by atoms with Crippen molar-refractivity contribution in [3.63, 3.8) is 0 Å². The molecule has 2 nitrogen and oxygen atoms in total. The smallest absolute Gasteiger partial charge is 0.142 e. The molecule has 2 N–H and O–H groups in total. The standard InChI is InChI=1S/C11H13ClFNO/c12-10-8(3-1-4-9(10)13)11(15)5-2-6-14-7-11/h1,3-4,14-15H,2,5-7H2. The highest BCUT2D eigenvalue weighted by Gasteiger charge is 2.33. The lowest BCUT2D eigenvalue weighted by molar-refractivity contribution is 0.0121. The highest BCUT2D eigenvalue weighted by molar-refractivity contribution is 6.31. The van der Waals surface area contributed by atoms with E-state index in [1.807, 2.05) is 0 Å². The molecule has 1 aromatic carbocycles. The maximum atomic E-state index is 13.2. The van der Waals surface area contributed by atoms with Crippen LogP contribution in [-0.2, 0) is 5.60 Å². The molecule has 0 amide bonds. The Morgan fingerprint density at radius 1 is 1.47 bits per heavy atom. The van der Waals surface area contributed by atoms with Crippen molar-refractivity contribution in [3.8, 4) is 0 Å². The lowest BCUT2D eigenvalue weighted by Crippen LogP contribution is -2.43. The van der Waals surface area contributed by atoms with E-state index in [0.717, 1.165) is 13.0 Å². The van der Waals surface area contributed by atoms with Gasteiger partial charge in [0.15, 0.2) is 0 Å². The molecule has 1 aliphatic heterocycles. The van der Waals surface area contributed by atoms with Crippen LogP contribution >= 0.6 is 11.6 Å². The SMILES string of the molecule is OC1(c2cccc(F)c2Cl)CCCNC1. The Bertz CT molecular complexity index is 364. The van der Waals surface area contributed by atoms with E-state index in [0.29, 0.717) is 18.5 Å². The number of β-amino-alcohol motifs (C(OH)–C–C–N with tert-alkyl or cyclic N) is 1. The second-order valence-corrected chi connectivity index (χ2v) is 4.29. The Morgan fingerprint density at radius 2 is 2.27 bits per heavy atom. The fourth-order valence-electron chi connectivity index (χ4n) is 1.98. The van der Waals surface area contributed by atoms with Gasteiger partial charge in [-0.15, -0.1) is 0 Å². The summed E-state index contributed by atoms with van der Waals surface area (Å²) >= 11 is 5.85. The van der Waals surface area contributed by atoms with Gasteiger partial charge in [-0.2, -0.15) is 0 Å². The van der Waals surface area contributed by atoms with Crippen LogP contribution in [0.25, 0.3) is 0 Å². The Hall–Kier alpha value is -0.640. The molecule has 15 heavy (non-hydrogen) atoms. The van der Waals surface area contributed by atoms with Crippen LogP contribution in [0.15, 0.2) is 18.2 Å². The van der Waals surface area contributed by atoms with Gasteiger partial charge in [0, 0.05) is 12.1 Å². The van der Waals surface area contributed by atoms with Crippen LogP contribution in [0, 0.1) is 5.82 Å². The van der Waals surface area contributed by atoms with Crippen LogP contribution in [0.3, 0.4) is 0 Å². The van der Waals surface area contributed by atoms with Crippen LogP contribution in [0.4, 0.5) is 4.39 Å². The van der Waals surface area contributed by atoms with Crippen molar-refractivity contribution >= 4 is 11.6 Å². The lowest BCUT2D eigenvalue weighted by Gasteiger charge is -2.33. The molecule has 0 saturated carbocycles. The summed E-state index contributed by atoms with van der Waals surface area (Å²) in [6.45, 7) is 1.31. The molecule has 1 heterocycles. The van der Waals surface area contributed by atoms with E-state index in [9.17, 15) is 9.50 Å². The van der Waals surface area contributed by atoms with Crippen molar-refractivity contribution in [1.29, 1.82) is 0 Å². The summed E-state index contributed by atoms with van der Waals surface area (Å²) in [6, 6.07) is 4.55. The van der Waals surface area contributed by atoms with E-state index >= 15 is 0 Å². The zero-order valence-electron chi connectivity index (χ0n) is 8.26. The Morgan fingerprint density at radius 3 is 2.93 bits per heavy atom. The van der Waals surface area contributed by atoms with Crippen LogP contribution in [0.5, 0.6) is 0 Å². The summed E-state index contributed by atoms with van der Waals surface area (Å²) in [4.78, 5) is 0. The fourth-order valence-corrected chi connectivity index (χ4v) is 2.28. The van der Waals surface area contributed by atoms with Gasteiger partial charge in [-0.1, -0.05) is 23.7 Å². The average Bonchev–Trinajstić information content (AvgIpc) is 2.23. The Labute approximate surface area is 93.1 Å². The number of hydrogen-bond acceptors (Lipinski definition) is 2. The van der Waals surface area contributed by atoms with Crippen molar-refractivity contribution in [1.82, 2.24) is 5.32 Å². The molecule has 1 saturated heterocycles. The van der Waals surface area contributed by atoms with Gasteiger partial charge < -0.3 is 10.4 Å². The maximum absolute atomic E-state index is 13.2. The van der Waals surface area contributed by atoms with Crippen molar-refractivity contribution in [3.05, 3.63) is 34.6 Å². The normalized spacial score (nSPS) is 26.6. The molecule has 82 valence electrons. The molecule has 4 heteroatoms. The molecule has 1 aliphatic rings. The van der Waals surface area contributed by atoms with E-state index in [-0.39, 0.29) is 5.02 Å². The first-order valence-electron chi connectivity index (χ1n) is 5.01. The molecule has 1 atom stereocenters. The largest absolute Gasteiger partial charge is 0.384 e. The minimum Gasteiger partial charge on any atom is -0.384 e. The topological polar surface area (TPSA) is 32.3 Å². The molecule has 1 aromatic rings. The van der Waals surface area contributed by atoms with Gasteiger partial charge in [0.1, 0.15) is 11.4 Å². The summed E-state index contributed by atoms with van der Waals surface area (Å²) in [5.41, 5.74) is -0.548. The summed E-state index contributed by atoms with van der Waals surface area (Å²) < 4.78 is 13.2. The Balaban J connectivity index is 2.39. The quantitative estimate of drug-likeness (QED) is 0.773. The van der Waals surface area contributed by atoms with Crippen LogP contribution in [0.1, 0.15) is 18.4 Å². The molecule has 0 radical (unpaired) electrons. The van der Waals surface area contributed by atoms with Crippen LogP contribution in [0.2, 0.25) is 5.02 Å². The number of hydrogen-bond donors (Lipinski definition) is 2. The highest BCUT2D eigenvalue weighted by atomic mass is 35.5. The predicted octanol–water partition coefficient (Wildman–Crippen LogP) is 2.05. The van der Waals surface area contributed by atoms with Crippen LogP contribution < -0.4 is 5.32 Å². The Kier molecular flexibility index (Phi) is 2.96. The summed E-state index contributed by atoms with van der Waals surface area (Å²) in [5, 5.41) is 13.5. The molecular formula is C11H13ClFNO. The third-order valence-electron chi connectivity index (χ3n) is 2.81. The minimum absolute atomic E-state index is 0.0312. The van der Waals surface area contributed by atoms with E-state index in [2.05, 4.69) is 5.32 Å². The summed E-state index contributed by atoms with van der Waals surface area (Å²) in [6.07, 6.45) is 1.48. The van der Waals surface area contributed by atoms with Crippen LogP contribution in [-0.4, -0.2) is 18.2 Å². The number of nitrogens with one attached hydrogen (secondary N) is 1. The average molecular weight is 230 g/mol. The van der Waals surface area contributed by atoms with Gasteiger partial charge >= 0.3 is 0 Å². The number of aliphatic hydroxyl groups is 1. The van der Waals surface area contributed by atoms with E-state index in [1.165, 1.54) is 6.07 Å². The number of halogens is 2. The predicted molar refractivity (Wildman–Crippen MR) is 57.4 cm³/mol. The number of benzene rings is 1. The summed E-state index contributed by atoms with van der Waals surface area (Å²) in [5.74, 6) is -0.479. The zero-order chi connectivity index (χ0) is 10.9. The molecule has 0 aliphatic carbocycles. The van der Waals surface area contributed by atoms with Crippen molar-refractivity contribution in [2.45, 2.75) is 18.4 Å². The van der Waals surface area contributed by atoms with Gasteiger partial charge in [0.2, 0.25) is 0 Å². The highest BCUT2D eigenvalue weighted by Crippen LogP contribution is 2.34. The van der Waals surface area contributed by atoms with Gasteiger partial charge in [-0.3, -0.25) is 0 Å². The third-order valence-corrected chi connectivity index (χ3v) is 3.20. The zero-order valence-corrected chi connectivity index (χ0v) is 9.02. The van der Waals surface area contributed by atoms with Gasteiger partial charge in [0.05, 0.1) is 5.02 Å². The second-order valence-electron chi connectivity index (χ2n) is 3.91. The van der Waals surface area contributed by atoms with Gasteiger partial charge in [-0.05, 0) is 25.5 Å². The fraction of sp³-hybridized carbons (Fsp3) is 0.455. The van der Waals surface area contributed by atoms with Crippen molar-refractivity contribution in [2.24, 2.45) is 0 Å². The number of piperidine rings is 1. The molecule has 0 bridgehead atoms. The van der Waals surface area contributed by atoms with E-state index in [1.54, 1.807) is 12.1 Å². The van der Waals surface area contributed by atoms with Gasteiger partial charge in [0.25, 0.3) is 0 Å². The van der Waals surface area contributed by atoms with Crippen molar-refractivity contribution in [2.75, 3.05) is 13.1 Å².